The molecule has 2 N–H and O–H groups in total. The van der Waals surface area contributed by atoms with Crippen molar-refractivity contribution in [2.75, 3.05) is 38.0 Å². The zero-order valence-corrected chi connectivity index (χ0v) is 24.8. The maximum absolute atomic E-state index is 14.1. The highest BCUT2D eigenvalue weighted by molar-refractivity contribution is 5.95. The van der Waals surface area contributed by atoms with Crippen LogP contribution in [0.3, 0.4) is 0 Å². The third kappa shape index (κ3) is 6.59. The van der Waals surface area contributed by atoms with Gasteiger partial charge < -0.3 is 20.1 Å². The second-order valence-corrected chi connectivity index (χ2v) is 12.1. The Morgan fingerprint density at radius 2 is 1.77 bits per heavy atom. The van der Waals surface area contributed by atoms with Gasteiger partial charge in [0.15, 0.2) is 0 Å². The van der Waals surface area contributed by atoms with E-state index in [2.05, 4.69) is 15.6 Å². The molecule has 3 aliphatic heterocycles. The van der Waals surface area contributed by atoms with Crippen molar-refractivity contribution in [2.24, 2.45) is 0 Å². The van der Waals surface area contributed by atoms with Crippen molar-refractivity contribution in [3.05, 3.63) is 76.5 Å². The number of ether oxygens (including phenoxy) is 2. The van der Waals surface area contributed by atoms with E-state index >= 15 is 0 Å². The van der Waals surface area contributed by atoms with Crippen LogP contribution in [0.2, 0.25) is 0 Å². The van der Waals surface area contributed by atoms with E-state index in [1.807, 2.05) is 0 Å². The van der Waals surface area contributed by atoms with Crippen LogP contribution in [-0.4, -0.2) is 77.6 Å². The van der Waals surface area contributed by atoms with Gasteiger partial charge in [0.1, 0.15) is 29.2 Å². The van der Waals surface area contributed by atoms with Gasteiger partial charge in [0, 0.05) is 62.0 Å². The van der Waals surface area contributed by atoms with E-state index in [4.69, 9.17) is 9.47 Å². The number of benzene rings is 2. The van der Waals surface area contributed by atoms with Crippen molar-refractivity contribution >= 4 is 17.6 Å². The minimum atomic E-state index is -4.74. The molecule has 0 spiro atoms. The Hall–Kier alpha value is -4.37. The molecule has 4 aliphatic rings. The number of aromatic nitrogens is 1. The lowest BCUT2D eigenvalue weighted by atomic mass is 10.0. The number of fused-ring (bicyclic) bond motifs is 4. The molecule has 15 heteroatoms. The normalized spacial score (nSPS) is 22.4. The van der Waals surface area contributed by atoms with Crippen molar-refractivity contribution in [3.63, 3.8) is 0 Å². The summed E-state index contributed by atoms with van der Waals surface area (Å²) in [4.78, 5) is 32.0. The largest absolute Gasteiger partial charge is 0.487 e. The smallest absolute Gasteiger partial charge is 0.416 e. The minimum Gasteiger partial charge on any atom is -0.487 e. The van der Waals surface area contributed by atoms with Crippen molar-refractivity contribution in [2.45, 2.75) is 49.8 Å². The summed E-state index contributed by atoms with van der Waals surface area (Å²) in [7, 11) is 0. The SMILES string of the molecule is O=C1CCc2c(Oc3ccc4c(c3)[C@H]3[C@@H](NC(=O)c5ccc(CN6CCN(CC(F)(F)F)CC6)c(C(F)(F)F)c5)[C@H]3O4)ccnc2N1. The lowest BCUT2D eigenvalue weighted by Crippen LogP contribution is -2.48. The fraction of sp³-hybridized carbons (Fsp3) is 0.406. The average molecular weight is 662 g/mol. The van der Waals surface area contributed by atoms with Crippen LogP contribution in [0, 0.1) is 0 Å². The molecule has 9 nitrogen and oxygen atoms in total. The Kier molecular flexibility index (Phi) is 7.78. The van der Waals surface area contributed by atoms with E-state index in [1.54, 1.807) is 29.2 Å². The van der Waals surface area contributed by atoms with Crippen molar-refractivity contribution in [1.29, 1.82) is 0 Å². The van der Waals surface area contributed by atoms with Crippen LogP contribution >= 0.6 is 0 Å². The monoisotopic (exact) mass is 661 g/mol. The van der Waals surface area contributed by atoms with E-state index < -0.39 is 36.4 Å². The minimum absolute atomic E-state index is 0.0516. The van der Waals surface area contributed by atoms with E-state index in [0.717, 1.165) is 17.2 Å². The van der Waals surface area contributed by atoms with Gasteiger partial charge in [-0.2, -0.15) is 26.3 Å². The first-order chi connectivity index (χ1) is 22.3. The number of nitrogens with one attached hydrogen (secondary N) is 2. The molecule has 2 fully saturated rings. The molecule has 1 saturated heterocycles. The Balaban J connectivity index is 1.00. The molecule has 7 rings (SSSR count). The summed E-state index contributed by atoms with van der Waals surface area (Å²) < 4.78 is 92.5. The van der Waals surface area contributed by atoms with Crippen LogP contribution < -0.4 is 20.1 Å². The molecule has 1 aliphatic carbocycles. The number of carbonyl (C=O) groups excluding carboxylic acids is 2. The fourth-order valence-electron chi connectivity index (χ4n) is 6.51. The molecular formula is C32H29F6N5O4. The molecule has 2 aromatic carbocycles. The number of pyridine rings is 1. The second-order valence-electron chi connectivity index (χ2n) is 12.1. The first-order valence-electron chi connectivity index (χ1n) is 15.1. The first-order valence-corrected chi connectivity index (χ1v) is 15.1. The van der Waals surface area contributed by atoms with Gasteiger partial charge in [-0.25, -0.2) is 4.98 Å². The molecule has 248 valence electrons. The lowest BCUT2D eigenvalue weighted by Gasteiger charge is -2.35. The topological polar surface area (TPSA) is 96.0 Å². The summed E-state index contributed by atoms with van der Waals surface area (Å²) in [6, 6.07) is 9.98. The number of piperazine rings is 1. The molecule has 4 heterocycles. The molecule has 1 saturated carbocycles. The molecule has 2 amide bonds. The van der Waals surface area contributed by atoms with Gasteiger partial charge in [0.25, 0.3) is 5.91 Å². The van der Waals surface area contributed by atoms with Crippen LogP contribution in [0.25, 0.3) is 0 Å². The van der Waals surface area contributed by atoms with E-state index in [1.165, 1.54) is 23.2 Å². The van der Waals surface area contributed by atoms with Gasteiger partial charge in [-0.15, -0.1) is 0 Å². The summed E-state index contributed by atoms with van der Waals surface area (Å²) in [5.74, 6) is 1.16. The van der Waals surface area contributed by atoms with Gasteiger partial charge in [-0.3, -0.25) is 19.4 Å². The van der Waals surface area contributed by atoms with Gasteiger partial charge in [0.05, 0.1) is 24.1 Å². The summed E-state index contributed by atoms with van der Waals surface area (Å²) in [5, 5.41) is 5.53. The van der Waals surface area contributed by atoms with E-state index in [-0.39, 0.29) is 61.8 Å². The molecule has 1 aromatic heterocycles. The molecule has 47 heavy (non-hydrogen) atoms. The zero-order valence-electron chi connectivity index (χ0n) is 24.8. The van der Waals surface area contributed by atoms with Gasteiger partial charge in [0.2, 0.25) is 5.91 Å². The van der Waals surface area contributed by atoms with Crippen LogP contribution in [0.5, 0.6) is 17.2 Å². The summed E-state index contributed by atoms with van der Waals surface area (Å²) >= 11 is 0. The van der Waals surface area contributed by atoms with Crippen LogP contribution in [0.15, 0.2) is 48.7 Å². The number of anilines is 1. The Bertz CT molecular complexity index is 1720. The third-order valence-electron chi connectivity index (χ3n) is 8.89. The van der Waals surface area contributed by atoms with Crippen LogP contribution in [-0.2, 0) is 23.9 Å². The van der Waals surface area contributed by atoms with E-state index in [0.29, 0.717) is 35.9 Å². The fourth-order valence-corrected chi connectivity index (χ4v) is 6.51. The number of alkyl halides is 6. The molecule has 0 unspecified atom stereocenters. The predicted octanol–water partition coefficient (Wildman–Crippen LogP) is 5.11. The van der Waals surface area contributed by atoms with Crippen LogP contribution in [0.4, 0.5) is 32.2 Å². The van der Waals surface area contributed by atoms with Crippen molar-refractivity contribution in [1.82, 2.24) is 20.1 Å². The Morgan fingerprint density at radius 1 is 1.00 bits per heavy atom. The lowest BCUT2D eigenvalue weighted by molar-refractivity contribution is -0.149. The quantitative estimate of drug-likeness (QED) is 0.340. The van der Waals surface area contributed by atoms with Crippen molar-refractivity contribution < 1.29 is 45.4 Å². The number of rotatable bonds is 7. The molecule has 0 bridgehead atoms. The maximum Gasteiger partial charge on any atom is 0.416 e. The molecule has 3 aromatic rings. The van der Waals surface area contributed by atoms with Crippen molar-refractivity contribution in [3.8, 4) is 17.2 Å². The number of amides is 2. The highest BCUT2D eigenvalue weighted by atomic mass is 19.4. The summed E-state index contributed by atoms with van der Waals surface area (Å²) in [5.41, 5.74) is 0.416. The predicted molar refractivity (Wildman–Crippen MR) is 155 cm³/mol. The number of nitrogens with zero attached hydrogens (tertiary/aromatic N) is 3. The Labute approximate surface area is 264 Å². The maximum atomic E-state index is 14.1. The molecule has 0 radical (unpaired) electrons. The number of hydrogen-bond donors (Lipinski definition) is 2. The summed E-state index contributed by atoms with van der Waals surface area (Å²) in [6.45, 7) is -0.587. The van der Waals surface area contributed by atoms with Gasteiger partial charge >= 0.3 is 12.4 Å². The second kappa shape index (κ2) is 11.7. The molecular weight excluding hydrogens is 632 g/mol. The average Bonchev–Trinajstić information content (AvgIpc) is 3.52. The van der Waals surface area contributed by atoms with Gasteiger partial charge in [-0.1, -0.05) is 6.07 Å². The molecule has 3 atom stereocenters. The zero-order chi connectivity index (χ0) is 33.1. The number of carbonyl (C=O) groups is 2. The summed E-state index contributed by atoms with van der Waals surface area (Å²) in [6.07, 6.45) is -7.11. The number of hydrogen-bond acceptors (Lipinski definition) is 7. The highest BCUT2D eigenvalue weighted by Gasteiger charge is 2.59. The Morgan fingerprint density at radius 3 is 2.51 bits per heavy atom. The standard InChI is InChI=1S/C32H29F6N5O4/c33-31(34,35)16-43-11-9-42(10-12-43)15-18-2-1-17(13-22(18)32(36,37)38)30(45)41-27-26-21-14-19(3-5-23(21)47-28(26)27)46-24-7-8-39-29-20(24)4-6-25(44)40-29/h1-3,5,7-8,13-14,26-28H,4,6,9-12,15-16H2,(H,41,45)(H,39,40,44)/t26-,27+,28-/m0/s1. The number of halogens is 6. The third-order valence-corrected chi connectivity index (χ3v) is 8.89. The van der Waals surface area contributed by atoms with Crippen LogP contribution in [0.1, 0.15) is 45.0 Å². The first kappa shape index (κ1) is 31.2. The highest BCUT2D eigenvalue weighted by Crippen LogP contribution is 2.54. The van der Waals surface area contributed by atoms with Gasteiger partial charge in [-0.05, 0) is 48.4 Å². The van der Waals surface area contributed by atoms with E-state index in [9.17, 15) is 35.9 Å².